The van der Waals surface area contributed by atoms with Crippen LogP contribution in [0.1, 0.15) is 75.9 Å². The normalized spacial score (nSPS) is 20.2. The first-order valence-corrected chi connectivity index (χ1v) is 17.2. The molecule has 4 aromatic rings. The van der Waals surface area contributed by atoms with Crippen LogP contribution in [0.5, 0.6) is 5.75 Å². The van der Waals surface area contributed by atoms with Crippen LogP contribution < -0.4 is 13.8 Å². The van der Waals surface area contributed by atoms with E-state index >= 15 is 0 Å². The molecule has 244 valence electrons. The molecular formula is C35H44N6O4S. The first-order chi connectivity index (χ1) is 22.1. The molecule has 5 rings (SSSR count). The number of H-pyrrole nitrogens is 1. The van der Waals surface area contributed by atoms with Crippen molar-refractivity contribution < 1.29 is 17.9 Å². The molecule has 0 aliphatic heterocycles. The van der Waals surface area contributed by atoms with Gasteiger partial charge in [0, 0.05) is 24.8 Å². The largest absolute Gasteiger partial charge is 0.459 e. The fourth-order valence-electron chi connectivity index (χ4n) is 6.77. The minimum absolute atomic E-state index is 0.160. The fourth-order valence-corrected chi connectivity index (χ4v) is 7.47. The van der Waals surface area contributed by atoms with E-state index < -0.39 is 17.2 Å². The number of nitrogens with zero attached hydrogens (tertiary/aromatic N) is 4. The number of fused-ring (bicyclic) bond motifs is 1. The number of esters is 1. The third kappa shape index (κ3) is 6.77. The molecule has 11 heteroatoms. The molecule has 1 saturated carbocycles. The van der Waals surface area contributed by atoms with Gasteiger partial charge < -0.3 is 13.8 Å². The molecule has 1 fully saturated rings. The number of nitrogens with one attached hydrogen (secondary N) is 2. The van der Waals surface area contributed by atoms with Gasteiger partial charge in [0.05, 0.1) is 17.9 Å². The van der Waals surface area contributed by atoms with E-state index in [1.165, 1.54) is 0 Å². The van der Waals surface area contributed by atoms with Gasteiger partial charge in [0.15, 0.2) is 11.5 Å². The van der Waals surface area contributed by atoms with E-state index in [2.05, 4.69) is 54.2 Å². The second-order valence-electron chi connectivity index (χ2n) is 12.5. The number of hydrogen-bond acceptors (Lipinski definition) is 6. The summed E-state index contributed by atoms with van der Waals surface area (Å²) in [6, 6.07) is 11.6. The highest BCUT2D eigenvalue weighted by atomic mass is 32.2. The zero-order chi connectivity index (χ0) is 33.1. The maximum Gasteiger partial charge on any atom is 0.331 e. The highest BCUT2D eigenvalue weighted by molar-refractivity contribution is 7.82. The summed E-state index contributed by atoms with van der Waals surface area (Å²) in [6.07, 6.45) is 4.10. The van der Waals surface area contributed by atoms with E-state index in [4.69, 9.17) is 20.5 Å². The molecule has 1 aliphatic carbocycles. The van der Waals surface area contributed by atoms with Gasteiger partial charge >= 0.3 is 17.2 Å². The number of anilines is 2. The lowest BCUT2D eigenvalue weighted by atomic mass is 9.75. The minimum atomic E-state index is -1.88. The second kappa shape index (κ2) is 14.0. The third-order valence-corrected chi connectivity index (χ3v) is 9.70. The zero-order valence-electron chi connectivity index (χ0n) is 27.7. The van der Waals surface area contributed by atoms with Crippen molar-refractivity contribution in [2.75, 3.05) is 22.7 Å². The van der Waals surface area contributed by atoms with Crippen LogP contribution >= 0.6 is 0 Å². The topological polar surface area (TPSA) is 105 Å². The van der Waals surface area contributed by atoms with Crippen molar-refractivity contribution in [1.29, 1.82) is 0 Å². The predicted molar refractivity (Wildman–Crippen MR) is 184 cm³/mol. The zero-order valence-corrected chi connectivity index (χ0v) is 28.5. The van der Waals surface area contributed by atoms with Gasteiger partial charge in [-0.15, -0.1) is 0 Å². The van der Waals surface area contributed by atoms with Gasteiger partial charge in [0.1, 0.15) is 17.4 Å². The Morgan fingerprint density at radius 3 is 2.50 bits per heavy atom. The maximum atomic E-state index is 13.6. The number of aryl methyl sites for hydroxylation is 2. The predicted octanol–water partition coefficient (Wildman–Crippen LogP) is 7.89. The van der Waals surface area contributed by atoms with Gasteiger partial charge in [0.25, 0.3) is 0 Å². The van der Waals surface area contributed by atoms with Crippen LogP contribution in [0.15, 0.2) is 42.6 Å². The van der Waals surface area contributed by atoms with E-state index in [0.717, 1.165) is 49.2 Å². The van der Waals surface area contributed by atoms with Gasteiger partial charge in [-0.1, -0.05) is 39.8 Å². The Morgan fingerprint density at radius 2 is 1.85 bits per heavy atom. The van der Waals surface area contributed by atoms with Crippen molar-refractivity contribution in [2.45, 2.75) is 73.8 Å². The molecule has 1 aliphatic rings. The summed E-state index contributed by atoms with van der Waals surface area (Å²) in [5.41, 5.74) is 4.86. The highest BCUT2D eigenvalue weighted by Crippen LogP contribution is 2.37. The number of hydrogen-bond donors (Lipinski definition) is 2. The van der Waals surface area contributed by atoms with Crippen LogP contribution in [0.4, 0.5) is 17.1 Å². The molecular weight excluding hydrogens is 600 g/mol. The molecule has 2 aromatic heterocycles. The molecule has 2 N–H and O–H groups in total. The number of carbonyl (C=O) groups is 1. The number of carbonyl (C=O) groups excluding carboxylic acids is 1. The van der Waals surface area contributed by atoms with Crippen LogP contribution in [0.25, 0.3) is 21.9 Å². The van der Waals surface area contributed by atoms with Crippen molar-refractivity contribution in [3.8, 4) is 17.1 Å². The quantitative estimate of drug-likeness (QED) is 0.127. The van der Waals surface area contributed by atoms with E-state index in [0.29, 0.717) is 34.4 Å². The van der Waals surface area contributed by atoms with Gasteiger partial charge in [-0.3, -0.25) is 14.3 Å². The molecule has 3 atom stereocenters. The Morgan fingerprint density at radius 1 is 1.13 bits per heavy atom. The summed E-state index contributed by atoms with van der Waals surface area (Å²) < 4.78 is 29.9. The number of aromatic nitrogens is 3. The highest BCUT2D eigenvalue weighted by Gasteiger charge is 2.35. The van der Waals surface area contributed by atoms with Gasteiger partial charge in [0.2, 0.25) is 5.69 Å². The Hall–Kier alpha value is -4.30. The molecule has 0 bridgehead atoms. The smallest absolute Gasteiger partial charge is 0.331 e. The van der Waals surface area contributed by atoms with E-state index in [1.807, 2.05) is 50.2 Å². The maximum absolute atomic E-state index is 13.6. The Bertz CT molecular complexity index is 1770. The molecule has 0 saturated heterocycles. The fraction of sp³-hybridized carbons (Fsp3) is 0.457. The first-order valence-electron chi connectivity index (χ1n) is 16.1. The average Bonchev–Trinajstić information content (AvgIpc) is 3.58. The van der Waals surface area contributed by atoms with E-state index in [9.17, 15) is 9.00 Å². The summed E-state index contributed by atoms with van der Waals surface area (Å²) in [4.78, 5) is 24.1. The van der Waals surface area contributed by atoms with Crippen molar-refractivity contribution >= 4 is 39.9 Å². The molecule has 10 nitrogen and oxygen atoms in total. The second-order valence-corrected chi connectivity index (χ2v) is 13.3. The van der Waals surface area contributed by atoms with Crippen molar-refractivity contribution in [3.63, 3.8) is 0 Å². The van der Waals surface area contributed by atoms with E-state index in [-0.39, 0.29) is 29.2 Å². The van der Waals surface area contributed by atoms with Gasteiger partial charge in [-0.2, -0.15) is 4.21 Å². The molecule has 2 heterocycles. The molecule has 3 unspecified atom stereocenters. The number of aromatic amines is 1. The van der Waals surface area contributed by atoms with Gasteiger partial charge in [-0.05, 0) is 93.2 Å². The Labute approximate surface area is 274 Å². The summed E-state index contributed by atoms with van der Waals surface area (Å²) >= 11 is -1.88. The lowest BCUT2D eigenvalue weighted by Crippen LogP contribution is -2.37. The van der Waals surface area contributed by atoms with Gasteiger partial charge in [-0.25, -0.2) is 14.6 Å². The summed E-state index contributed by atoms with van der Waals surface area (Å²) in [5.74, 6) is 1.59. The lowest BCUT2D eigenvalue weighted by Gasteiger charge is -2.37. The third-order valence-electron chi connectivity index (χ3n) is 8.98. The summed E-state index contributed by atoms with van der Waals surface area (Å²) in [5, 5.41) is 3.21. The monoisotopic (exact) mass is 644 g/mol. The van der Waals surface area contributed by atoms with Crippen LogP contribution in [0.3, 0.4) is 0 Å². The standard InChI is InChI=1S/C35H44N6O4S/c1-9-25-13-12-21(4)18-30(25)45-46(43)39-27-19-26(14-15-29(27)40(10-2)11-3)33-37-34-31(28(36-8)20-41(34)38-33)35(42)44-32-23(6)16-22(5)17-24(32)7/h12-15,18-20,22-24,32,39H,9-11,16-17H2,1-7H3,(H,37,38). The molecule has 0 amide bonds. The lowest BCUT2D eigenvalue weighted by molar-refractivity contribution is -0.0249. The molecule has 2 aromatic carbocycles. The Kier molecular flexibility index (Phi) is 10.1. The molecule has 46 heavy (non-hydrogen) atoms. The van der Waals surface area contributed by atoms with Crippen LogP contribution in [-0.2, 0) is 22.4 Å². The van der Waals surface area contributed by atoms with Crippen LogP contribution in [0, 0.1) is 31.2 Å². The summed E-state index contributed by atoms with van der Waals surface area (Å²) in [6.45, 7) is 23.8. The Balaban J connectivity index is 1.47. The minimum Gasteiger partial charge on any atom is -0.459 e. The van der Waals surface area contributed by atoms with Crippen molar-refractivity contribution in [2.24, 2.45) is 17.8 Å². The van der Waals surface area contributed by atoms with Crippen molar-refractivity contribution in [3.05, 3.63) is 70.7 Å². The summed E-state index contributed by atoms with van der Waals surface area (Å²) in [7, 11) is 0. The average molecular weight is 645 g/mol. The molecule has 0 radical (unpaired) electrons. The van der Waals surface area contributed by atoms with Crippen LogP contribution in [-0.4, -0.2) is 44.0 Å². The first kappa shape index (κ1) is 33.1. The molecule has 0 spiro atoms. The number of benzene rings is 2. The number of ether oxygens (including phenoxy) is 1. The van der Waals surface area contributed by atoms with Crippen molar-refractivity contribution in [1.82, 2.24) is 14.6 Å². The van der Waals surface area contributed by atoms with E-state index in [1.54, 1.807) is 10.7 Å². The number of rotatable bonds is 11. The van der Waals surface area contributed by atoms with Crippen LogP contribution in [0.2, 0.25) is 0 Å². The SMILES string of the molecule is [C-]#[N+]c1cn2[nH]c(-c3ccc(N(CC)CC)c(NS(=O)Oc4cc(C)ccc4CC)c3)nc2c1C(=O)OC1C(C)CC(C)CC1C.